The standard InChI is InChI=1S/C46H31N3S/c1-4-12-30(13-5-1)40-29-41(31-14-6-2-7-15-31)48-46(47-40)34-22-25-45-39(28-34)38-27-33(21-24-44(38)50-45)32-20-23-43-37(26-32)36-18-10-11-19-42(36)49(43)35-16-8-3-9-17-35/h1-2,4-8,10-29H,3,9H2. The van der Waals surface area contributed by atoms with Crippen molar-refractivity contribution in [3.63, 3.8) is 0 Å². The summed E-state index contributed by atoms with van der Waals surface area (Å²) in [7, 11) is 0. The molecular formula is C46H31N3S. The van der Waals surface area contributed by atoms with Crippen molar-refractivity contribution >= 4 is 59.0 Å². The molecule has 0 fully saturated rings. The molecule has 50 heavy (non-hydrogen) atoms. The Morgan fingerprint density at radius 1 is 0.460 bits per heavy atom. The minimum atomic E-state index is 0.729. The topological polar surface area (TPSA) is 30.7 Å². The SMILES string of the molecule is C1=CC(n2c3ccccc3c3cc(-c4ccc5sc6ccc(-c7nc(-c8ccccc8)cc(-c8ccccc8)n7)cc6c5c4)ccc32)=CCC1. The first-order chi connectivity index (χ1) is 24.8. The predicted octanol–water partition coefficient (Wildman–Crippen LogP) is 12.8. The molecule has 9 aromatic rings. The molecule has 10 rings (SSSR count). The maximum atomic E-state index is 5.11. The summed E-state index contributed by atoms with van der Waals surface area (Å²) in [6, 6.07) is 52.1. The Morgan fingerprint density at radius 3 is 1.72 bits per heavy atom. The smallest absolute Gasteiger partial charge is 0.160 e. The molecule has 0 N–H and O–H groups in total. The van der Waals surface area contributed by atoms with Crippen LogP contribution in [0.25, 0.3) is 92.7 Å². The number of para-hydroxylation sites is 1. The van der Waals surface area contributed by atoms with Crippen molar-refractivity contribution in [3.05, 3.63) is 164 Å². The third kappa shape index (κ3) is 4.88. The van der Waals surface area contributed by atoms with Gasteiger partial charge >= 0.3 is 0 Å². The zero-order valence-corrected chi connectivity index (χ0v) is 28.1. The van der Waals surface area contributed by atoms with Crippen molar-refractivity contribution in [2.75, 3.05) is 0 Å². The lowest BCUT2D eigenvalue weighted by Crippen LogP contribution is -1.96. The van der Waals surface area contributed by atoms with Crippen LogP contribution in [-0.2, 0) is 0 Å². The van der Waals surface area contributed by atoms with Gasteiger partial charge in [0.25, 0.3) is 0 Å². The Balaban J connectivity index is 1.11. The van der Waals surface area contributed by atoms with Crippen molar-refractivity contribution < 1.29 is 0 Å². The van der Waals surface area contributed by atoms with E-state index >= 15 is 0 Å². The number of benzene rings is 6. The second-order valence-corrected chi connectivity index (χ2v) is 14.0. The van der Waals surface area contributed by atoms with Gasteiger partial charge in [0.2, 0.25) is 0 Å². The number of hydrogen-bond acceptors (Lipinski definition) is 3. The molecule has 0 saturated heterocycles. The fourth-order valence-corrected chi connectivity index (χ4v) is 8.45. The number of hydrogen-bond donors (Lipinski definition) is 0. The lowest BCUT2D eigenvalue weighted by Gasteiger charge is -2.12. The van der Waals surface area contributed by atoms with E-state index in [0.717, 1.165) is 46.7 Å². The van der Waals surface area contributed by atoms with Crippen LogP contribution in [0.2, 0.25) is 0 Å². The summed E-state index contributed by atoms with van der Waals surface area (Å²) in [6.07, 6.45) is 9.08. The summed E-state index contributed by atoms with van der Waals surface area (Å²) < 4.78 is 4.95. The molecule has 0 aliphatic heterocycles. The number of allylic oxidation sites excluding steroid dienone is 4. The van der Waals surface area contributed by atoms with E-state index in [0.29, 0.717) is 0 Å². The van der Waals surface area contributed by atoms with Crippen molar-refractivity contribution in [2.24, 2.45) is 0 Å². The van der Waals surface area contributed by atoms with Gasteiger partial charge in [0.05, 0.1) is 22.4 Å². The first-order valence-corrected chi connectivity index (χ1v) is 18.0. The molecule has 6 aromatic carbocycles. The first kappa shape index (κ1) is 28.9. The molecule has 3 aromatic heterocycles. The second kappa shape index (κ2) is 11.8. The molecule has 3 heterocycles. The zero-order valence-electron chi connectivity index (χ0n) is 27.3. The number of rotatable bonds is 5. The van der Waals surface area contributed by atoms with E-state index in [2.05, 4.69) is 156 Å². The number of aromatic nitrogens is 3. The average molecular weight is 658 g/mol. The fraction of sp³-hybridized carbons (Fsp3) is 0.0435. The Labute approximate surface area is 294 Å². The molecule has 1 aliphatic carbocycles. The Bertz CT molecular complexity index is 2750. The van der Waals surface area contributed by atoms with E-state index in [4.69, 9.17) is 9.97 Å². The van der Waals surface area contributed by atoms with Gasteiger partial charge in [0.15, 0.2) is 5.82 Å². The molecule has 3 nitrogen and oxygen atoms in total. The molecule has 236 valence electrons. The minimum absolute atomic E-state index is 0.729. The van der Waals surface area contributed by atoms with Crippen molar-refractivity contribution in [2.45, 2.75) is 12.8 Å². The molecule has 0 saturated carbocycles. The Morgan fingerprint density at radius 2 is 1.04 bits per heavy atom. The van der Waals surface area contributed by atoms with Gasteiger partial charge in [-0.1, -0.05) is 103 Å². The maximum Gasteiger partial charge on any atom is 0.160 e. The number of fused-ring (bicyclic) bond motifs is 6. The highest BCUT2D eigenvalue weighted by atomic mass is 32.1. The third-order valence-corrected chi connectivity index (χ3v) is 11.0. The molecule has 0 radical (unpaired) electrons. The molecule has 0 bridgehead atoms. The molecule has 1 aliphatic rings. The van der Waals surface area contributed by atoms with Crippen LogP contribution in [0.4, 0.5) is 0 Å². The van der Waals surface area contributed by atoms with Gasteiger partial charge in [0, 0.05) is 53.3 Å². The predicted molar refractivity (Wildman–Crippen MR) is 212 cm³/mol. The fourth-order valence-electron chi connectivity index (χ4n) is 7.38. The van der Waals surface area contributed by atoms with E-state index in [1.807, 2.05) is 23.5 Å². The summed E-state index contributed by atoms with van der Waals surface area (Å²) in [4.78, 5) is 10.2. The quantitative estimate of drug-likeness (QED) is 0.184. The highest BCUT2D eigenvalue weighted by Gasteiger charge is 2.16. The van der Waals surface area contributed by atoms with Crippen molar-refractivity contribution in [3.8, 4) is 45.0 Å². The monoisotopic (exact) mass is 657 g/mol. The van der Waals surface area contributed by atoms with Gasteiger partial charge < -0.3 is 4.57 Å². The van der Waals surface area contributed by atoms with Gasteiger partial charge in [-0.05, 0) is 84.6 Å². The van der Waals surface area contributed by atoms with E-state index in [9.17, 15) is 0 Å². The van der Waals surface area contributed by atoms with Gasteiger partial charge in [-0.15, -0.1) is 11.3 Å². The Hall–Kier alpha value is -6.10. The third-order valence-electron chi connectivity index (χ3n) is 9.83. The Kier molecular flexibility index (Phi) is 6.81. The van der Waals surface area contributed by atoms with E-state index in [1.54, 1.807) is 0 Å². The summed E-state index contributed by atoms with van der Waals surface area (Å²) in [5, 5.41) is 5.05. The molecule has 0 atom stereocenters. The normalized spacial score (nSPS) is 13.1. The largest absolute Gasteiger partial charge is 0.310 e. The summed E-state index contributed by atoms with van der Waals surface area (Å²) in [5.41, 5.74) is 11.2. The molecule has 0 spiro atoms. The molecule has 4 heteroatoms. The second-order valence-electron chi connectivity index (χ2n) is 12.9. The maximum absolute atomic E-state index is 5.11. The summed E-state index contributed by atoms with van der Waals surface area (Å²) in [5.74, 6) is 0.729. The summed E-state index contributed by atoms with van der Waals surface area (Å²) in [6.45, 7) is 0. The van der Waals surface area contributed by atoms with Gasteiger partial charge in [-0.3, -0.25) is 0 Å². The first-order valence-electron chi connectivity index (χ1n) is 17.1. The zero-order chi connectivity index (χ0) is 33.0. The lowest BCUT2D eigenvalue weighted by atomic mass is 10.00. The van der Waals surface area contributed by atoms with Gasteiger partial charge in [0.1, 0.15) is 0 Å². The van der Waals surface area contributed by atoms with Crippen LogP contribution in [0.15, 0.2) is 164 Å². The van der Waals surface area contributed by atoms with Crippen molar-refractivity contribution in [1.29, 1.82) is 0 Å². The van der Waals surface area contributed by atoms with Crippen LogP contribution in [0.1, 0.15) is 12.8 Å². The van der Waals surface area contributed by atoms with E-state index in [-0.39, 0.29) is 0 Å². The van der Waals surface area contributed by atoms with Crippen LogP contribution in [0.5, 0.6) is 0 Å². The van der Waals surface area contributed by atoms with E-state index < -0.39 is 0 Å². The number of nitrogens with zero attached hydrogens (tertiary/aromatic N) is 3. The molecular weight excluding hydrogens is 627 g/mol. The van der Waals surface area contributed by atoms with Crippen LogP contribution in [0.3, 0.4) is 0 Å². The van der Waals surface area contributed by atoms with Crippen LogP contribution >= 0.6 is 11.3 Å². The average Bonchev–Trinajstić information content (AvgIpc) is 3.73. The van der Waals surface area contributed by atoms with Gasteiger partial charge in [-0.2, -0.15) is 0 Å². The van der Waals surface area contributed by atoms with Crippen LogP contribution in [-0.4, -0.2) is 14.5 Å². The highest BCUT2D eigenvalue weighted by Crippen LogP contribution is 2.40. The lowest BCUT2D eigenvalue weighted by molar-refractivity contribution is 1.02. The van der Waals surface area contributed by atoms with Crippen LogP contribution in [0, 0.1) is 0 Å². The van der Waals surface area contributed by atoms with E-state index in [1.165, 1.54) is 58.8 Å². The van der Waals surface area contributed by atoms with Gasteiger partial charge in [-0.25, -0.2) is 9.97 Å². The molecule has 0 amide bonds. The summed E-state index contributed by atoms with van der Waals surface area (Å²) >= 11 is 1.84. The molecule has 0 unspecified atom stereocenters. The number of thiophene rings is 1. The minimum Gasteiger partial charge on any atom is -0.310 e. The highest BCUT2D eigenvalue weighted by molar-refractivity contribution is 7.25. The van der Waals surface area contributed by atoms with Crippen molar-refractivity contribution in [1.82, 2.24) is 14.5 Å². The van der Waals surface area contributed by atoms with Crippen LogP contribution < -0.4 is 0 Å².